The first-order valence-corrected chi connectivity index (χ1v) is 12.1. The molecule has 0 aliphatic carbocycles. The van der Waals surface area contributed by atoms with Crippen molar-refractivity contribution in [3.05, 3.63) is 28.3 Å². The van der Waals surface area contributed by atoms with Crippen LogP contribution in [0.1, 0.15) is 33.1 Å². The van der Waals surface area contributed by atoms with E-state index in [1.165, 1.54) is 22.5 Å². The molecular formula is C20H32N4O5S. The Morgan fingerprint density at radius 1 is 1.13 bits per heavy atom. The lowest BCUT2D eigenvalue weighted by Crippen LogP contribution is -2.49. The van der Waals surface area contributed by atoms with Crippen molar-refractivity contribution in [1.29, 1.82) is 0 Å². The summed E-state index contributed by atoms with van der Waals surface area (Å²) in [6.45, 7) is 8.77. The Balaban J connectivity index is 1.78. The van der Waals surface area contributed by atoms with Crippen molar-refractivity contribution in [3.8, 4) is 0 Å². The third-order valence-electron chi connectivity index (χ3n) is 5.90. The fourth-order valence-electron chi connectivity index (χ4n) is 4.14. The van der Waals surface area contributed by atoms with E-state index in [0.29, 0.717) is 44.5 Å². The number of nitrogens with one attached hydrogen (secondary N) is 1. The Labute approximate surface area is 178 Å². The number of nitrogens with zero attached hydrogens (tertiary/aromatic N) is 3. The second kappa shape index (κ2) is 10.0. The normalized spacial score (nSPS) is 20.2. The van der Waals surface area contributed by atoms with Crippen LogP contribution in [0.15, 0.2) is 23.1 Å². The molecule has 0 bridgehead atoms. The van der Waals surface area contributed by atoms with Crippen LogP contribution in [0.5, 0.6) is 0 Å². The monoisotopic (exact) mass is 440 g/mol. The summed E-state index contributed by atoms with van der Waals surface area (Å²) < 4.78 is 32.7. The number of nitro benzene ring substituents is 1. The van der Waals surface area contributed by atoms with Crippen LogP contribution < -0.4 is 5.32 Å². The van der Waals surface area contributed by atoms with Gasteiger partial charge < -0.3 is 10.1 Å². The molecule has 2 saturated heterocycles. The summed E-state index contributed by atoms with van der Waals surface area (Å²) in [4.78, 5) is 13.5. The molecule has 1 aromatic carbocycles. The van der Waals surface area contributed by atoms with Gasteiger partial charge in [-0.15, -0.1) is 0 Å². The Bertz CT molecular complexity index is 834. The van der Waals surface area contributed by atoms with Crippen LogP contribution in [-0.2, 0) is 14.8 Å². The van der Waals surface area contributed by atoms with Gasteiger partial charge in [0.05, 0.1) is 23.0 Å². The highest BCUT2D eigenvalue weighted by Crippen LogP contribution is 2.30. The summed E-state index contributed by atoms with van der Waals surface area (Å²) in [6, 6.07) is 4.38. The lowest BCUT2D eigenvalue weighted by molar-refractivity contribution is -0.384. The van der Waals surface area contributed by atoms with Crippen molar-refractivity contribution in [1.82, 2.24) is 9.21 Å². The standard InChI is InChI=1S/C20H32N4O5S/c1-16(2)20(22-10-12-29-13-11-22)15-21-18-7-6-17(14-19(18)24(25)26)30(27,28)23-8-4-3-5-9-23/h6-7,14,16,20-21H,3-5,8-13,15H2,1-2H3. The van der Waals surface area contributed by atoms with Crippen molar-refractivity contribution < 1.29 is 18.1 Å². The molecule has 30 heavy (non-hydrogen) atoms. The van der Waals surface area contributed by atoms with Gasteiger partial charge in [-0.3, -0.25) is 15.0 Å². The third-order valence-corrected chi connectivity index (χ3v) is 7.80. The van der Waals surface area contributed by atoms with Crippen molar-refractivity contribution in [2.75, 3.05) is 51.3 Å². The number of rotatable bonds is 8. The van der Waals surface area contributed by atoms with Crippen molar-refractivity contribution in [3.63, 3.8) is 0 Å². The molecule has 0 radical (unpaired) electrons. The Kier molecular flexibility index (Phi) is 7.67. The highest BCUT2D eigenvalue weighted by atomic mass is 32.2. The van der Waals surface area contributed by atoms with Gasteiger partial charge >= 0.3 is 0 Å². The first kappa shape index (κ1) is 22.9. The predicted octanol–water partition coefficient (Wildman–Crippen LogP) is 2.54. The minimum Gasteiger partial charge on any atom is -0.379 e. The molecule has 2 heterocycles. The summed E-state index contributed by atoms with van der Waals surface area (Å²) in [7, 11) is -3.72. The van der Waals surface area contributed by atoms with Gasteiger partial charge in [0.1, 0.15) is 5.69 Å². The zero-order chi connectivity index (χ0) is 21.7. The van der Waals surface area contributed by atoms with Crippen molar-refractivity contribution in [2.45, 2.75) is 44.0 Å². The predicted molar refractivity (Wildman–Crippen MR) is 115 cm³/mol. The lowest BCUT2D eigenvalue weighted by Gasteiger charge is -2.37. The van der Waals surface area contributed by atoms with Crippen LogP contribution in [0.2, 0.25) is 0 Å². The van der Waals surface area contributed by atoms with Gasteiger partial charge in [0.25, 0.3) is 5.69 Å². The molecule has 10 heteroatoms. The van der Waals surface area contributed by atoms with Crippen LogP contribution in [0.25, 0.3) is 0 Å². The number of benzene rings is 1. The minimum atomic E-state index is -3.72. The second-order valence-corrected chi connectivity index (χ2v) is 10.2. The molecule has 168 valence electrons. The lowest BCUT2D eigenvalue weighted by atomic mass is 10.0. The molecule has 3 rings (SSSR count). The molecule has 2 aliphatic rings. The number of hydrogen-bond acceptors (Lipinski definition) is 7. The molecule has 1 unspecified atom stereocenters. The maximum absolute atomic E-state index is 12.9. The molecule has 1 atom stereocenters. The summed E-state index contributed by atoms with van der Waals surface area (Å²) >= 11 is 0. The number of anilines is 1. The molecule has 0 saturated carbocycles. The van der Waals surface area contributed by atoms with Crippen LogP contribution in [-0.4, -0.2) is 74.5 Å². The summed E-state index contributed by atoms with van der Waals surface area (Å²) in [5.41, 5.74) is 0.133. The molecule has 2 fully saturated rings. The van der Waals surface area contributed by atoms with E-state index in [-0.39, 0.29) is 16.6 Å². The third kappa shape index (κ3) is 5.29. The van der Waals surface area contributed by atoms with Crippen LogP contribution in [0.3, 0.4) is 0 Å². The fraction of sp³-hybridized carbons (Fsp3) is 0.700. The zero-order valence-electron chi connectivity index (χ0n) is 17.7. The van der Waals surface area contributed by atoms with E-state index in [9.17, 15) is 18.5 Å². The molecule has 1 N–H and O–H groups in total. The van der Waals surface area contributed by atoms with Gasteiger partial charge in [-0.25, -0.2) is 8.42 Å². The smallest absolute Gasteiger partial charge is 0.293 e. The van der Waals surface area contributed by atoms with E-state index in [0.717, 1.165) is 32.4 Å². The molecule has 0 amide bonds. The average Bonchev–Trinajstić information content (AvgIpc) is 2.75. The summed E-state index contributed by atoms with van der Waals surface area (Å²) in [5, 5.41) is 14.9. The number of sulfonamides is 1. The summed E-state index contributed by atoms with van der Waals surface area (Å²) in [5.74, 6) is 0.355. The maximum atomic E-state index is 12.9. The molecule has 0 spiro atoms. The number of morpholine rings is 1. The highest BCUT2D eigenvalue weighted by Gasteiger charge is 2.29. The van der Waals surface area contributed by atoms with Gasteiger partial charge in [0.2, 0.25) is 10.0 Å². The first-order valence-electron chi connectivity index (χ1n) is 10.6. The molecule has 2 aliphatic heterocycles. The van der Waals surface area contributed by atoms with Gasteiger partial charge in [-0.2, -0.15) is 4.31 Å². The van der Waals surface area contributed by atoms with Gasteiger partial charge in [-0.05, 0) is 30.9 Å². The maximum Gasteiger partial charge on any atom is 0.293 e. The van der Waals surface area contributed by atoms with E-state index in [4.69, 9.17) is 4.74 Å². The van der Waals surface area contributed by atoms with Crippen molar-refractivity contribution in [2.24, 2.45) is 5.92 Å². The van der Waals surface area contributed by atoms with Crippen molar-refractivity contribution >= 4 is 21.4 Å². The van der Waals surface area contributed by atoms with Gasteiger partial charge in [0, 0.05) is 44.8 Å². The van der Waals surface area contributed by atoms with Crippen LogP contribution >= 0.6 is 0 Å². The summed E-state index contributed by atoms with van der Waals surface area (Å²) in [6.07, 6.45) is 2.65. The van der Waals surface area contributed by atoms with E-state index in [1.807, 2.05) is 0 Å². The van der Waals surface area contributed by atoms with E-state index < -0.39 is 14.9 Å². The minimum absolute atomic E-state index is 0.0183. The SMILES string of the molecule is CC(C)C(CNc1ccc(S(=O)(=O)N2CCCCC2)cc1[N+](=O)[O-])N1CCOCC1. The largest absolute Gasteiger partial charge is 0.379 e. The molecule has 0 aromatic heterocycles. The Morgan fingerprint density at radius 2 is 1.80 bits per heavy atom. The second-order valence-electron chi connectivity index (χ2n) is 8.24. The van der Waals surface area contributed by atoms with Crippen LogP contribution in [0.4, 0.5) is 11.4 Å². The number of nitro groups is 1. The van der Waals surface area contributed by atoms with E-state index in [1.54, 1.807) is 0 Å². The Hall–Kier alpha value is -1.75. The topological polar surface area (TPSA) is 105 Å². The quantitative estimate of drug-likeness (QED) is 0.489. The number of ether oxygens (including phenoxy) is 1. The Morgan fingerprint density at radius 3 is 2.40 bits per heavy atom. The highest BCUT2D eigenvalue weighted by molar-refractivity contribution is 7.89. The van der Waals surface area contributed by atoms with E-state index >= 15 is 0 Å². The molecular weight excluding hydrogens is 408 g/mol. The number of piperidine rings is 1. The average molecular weight is 441 g/mol. The van der Waals surface area contributed by atoms with Crippen LogP contribution in [0, 0.1) is 16.0 Å². The first-order chi connectivity index (χ1) is 14.3. The van der Waals surface area contributed by atoms with Gasteiger partial charge in [0.15, 0.2) is 0 Å². The fourth-order valence-corrected chi connectivity index (χ4v) is 5.67. The van der Waals surface area contributed by atoms with E-state index in [2.05, 4.69) is 24.1 Å². The molecule has 1 aromatic rings. The number of hydrogen-bond donors (Lipinski definition) is 1. The van der Waals surface area contributed by atoms with Gasteiger partial charge in [-0.1, -0.05) is 20.3 Å². The zero-order valence-corrected chi connectivity index (χ0v) is 18.6. The molecule has 9 nitrogen and oxygen atoms in total.